The second kappa shape index (κ2) is 9.57. The Labute approximate surface area is 197 Å². The van der Waals surface area contributed by atoms with Gasteiger partial charge in [-0.15, -0.1) is 11.3 Å². The summed E-state index contributed by atoms with van der Waals surface area (Å²) >= 11 is 1.62. The Kier molecular flexibility index (Phi) is 6.19. The Morgan fingerprint density at radius 1 is 1.03 bits per heavy atom. The van der Waals surface area contributed by atoms with Crippen molar-refractivity contribution < 1.29 is 14.3 Å². The number of anilines is 1. The molecular weight excluding hydrogens is 432 g/mol. The average Bonchev–Trinajstić information content (AvgIpc) is 3.34. The zero-order valence-electron chi connectivity index (χ0n) is 18.3. The Bertz CT molecular complexity index is 1200. The number of hydrogen-bond acceptors (Lipinski definition) is 5. The lowest BCUT2D eigenvalue weighted by molar-refractivity contribution is -0.121. The van der Waals surface area contributed by atoms with Crippen LogP contribution in [-0.2, 0) is 16.0 Å². The zero-order chi connectivity index (χ0) is 22.6. The molecule has 4 aromatic rings. The monoisotopic (exact) mass is 456 g/mol. The highest BCUT2D eigenvalue weighted by Gasteiger charge is 2.34. The van der Waals surface area contributed by atoms with Crippen molar-refractivity contribution in [2.75, 3.05) is 25.2 Å². The molecule has 0 saturated carbocycles. The number of rotatable bonds is 7. The number of fused-ring (bicyclic) bond motifs is 1. The highest BCUT2D eigenvalue weighted by atomic mass is 32.1. The van der Waals surface area contributed by atoms with Gasteiger partial charge in [0.25, 0.3) is 5.91 Å². The molecule has 0 N–H and O–H groups in total. The van der Waals surface area contributed by atoms with Gasteiger partial charge >= 0.3 is 0 Å². The van der Waals surface area contributed by atoms with E-state index in [9.17, 15) is 4.79 Å². The van der Waals surface area contributed by atoms with Crippen molar-refractivity contribution in [2.24, 2.45) is 0 Å². The van der Waals surface area contributed by atoms with Crippen molar-refractivity contribution in [3.8, 4) is 17.0 Å². The van der Waals surface area contributed by atoms with Crippen LogP contribution in [0.4, 0.5) is 5.69 Å². The summed E-state index contributed by atoms with van der Waals surface area (Å²) in [6, 6.07) is 25.9. The van der Waals surface area contributed by atoms with Crippen LogP contribution >= 0.6 is 11.3 Å². The zero-order valence-corrected chi connectivity index (χ0v) is 19.1. The molecule has 0 aliphatic carbocycles. The van der Waals surface area contributed by atoms with E-state index in [1.54, 1.807) is 18.4 Å². The van der Waals surface area contributed by atoms with E-state index in [0.717, 1.165) is 39.5 Å². The van der Waals surface area contributed by atoms with E-state index in [4.69, 9.17) is 14.5 Å². The molecule has 1 amide bonds. The molecule has 1 aromatic heterocycles. The molecule has 2 heterocycles. The minimum Gasteiger partial charge on any atom is -0.482 e. The van der Waals surface area contributed by atoms with Crippen molar-refractivity contribution in [2.45, 2.75) is 12.5 Å². The standard InChI is InChI=1S/C27H24N2O3S/c1-31-15-14-25-28-22(18-33-25)21-12-13-24-23(16-21)29(26(30)17-32-24)27(19-8-4-2-5-9-19)20-10-6-3-7-11-20/h2-13,16,18,27H,14-15,17H2,1H3. The molecule has 0 unspecified atom stereocenters. The highest BCUT2D eigenvalue weighted by molar-refractivity contribution is 7.09. The van der Waals surface area contributed by atoms with Crippen molar-refractivity contribution in [1.82, 2.24) is 4.98 Å². The van der Waals surface area contributed by atoms with E-state index in [2.05, 4.69) is 29.6 Å². The molecule has 166 valence electrons. The van der Waals surface area contributed by atoms with Gasteiger partial charge in [-0.3, -0.25) is 9.69 Å². The maximum Gasteiger partial charge on any atom is 0.265 e. The van der Waals surface area contributed by atoms with E-state index in [-0.39, 0.29) is 18.6 Å². The number of ether oxygens (including phenoxy) is 2. The summed E-state index contributed by atoms with van der Waals surface area (Å²) in [5.41, 5.74) is 4.70. The van der Waals surface area contributed by atoms with Gasteiger partial charge in [0, 0.05) is 24.5 Å². The Hall–Kier alpha value is -3.48. The number of aromatic nitrogens is 1. The van der Waals surface area contributed by atoms with Gasteiger partial charge < -0.3 is 9.47 Å². The second-order valence-corrected chi connectivity index (χ2v) is 8.77. The fourth-order valence-corrected chi connectivity index (χ4v) is 4.91. The number of carbonyl (C=O) groups is 1. The lowest BCUT2D eigenvalue weighted by Crippen LogP contribution is -2.42. The summed E-state index contributed by atoms with van der Waals surface area (Å²) in [6.45, 7) is 0.656. The molecule has 0 atom stereocenters. The van der Waals surface area contributed by atoms with Gasteiger partial charge in [0.1, 0.15) is 5.75 Å². The summed E-state index contributed by atoms with van der Waals surface area (Å²) < 4.78 is 11.0. The minimum absolute atomic E-state index is 0.0143. The molecule has 33 heavy (non-hydrogen) atoms. The van der Waals surface area contributed by atoms with Gasteiger partial charge in [-0.25, -0.2) is 4.98 Å². The quantitative estimate of drug-likeness (QED) is 0.368. The van der Waals surface area contributed by atoms with Gasteiger partial charge in [0.15, 0.2) is 6.61 Å². The highest BCUT2D eigenvalue weighted by Crippen LogP contribution is 2.42. The lowest BCUT2D eigenvalue weighted by Gasteiger charge is -2.36. The summed E-state index contributed by atoms with van der Waals surface area (Å²) in [5.74, 6) is 0.626. The molecule has 0 fully saturated rings. The summed E-state index contributed by atoms with van der Waals surface area (Å²) in [7, 11) is 1.69. The van der Waals surface area contributed by atoms with Gasteiger partial charge in [0.05, 0.1) is 29.0 Å². The first-order valence-electron chi connectivity index (χ1n) is 10.9. The first-order valence-corrected chi connectivity index (χ1v) is 11.7. The molecule has 0 saturated heterocycles. The number of nitrogens with zero attached hydrogens (tertiary/aromatic N) is 2. The Morgan fingerprint density at radius 2 is 1.73 bits per heavy atom. The normalized spacial score (nSPS) is 13.2. The van der Waals surface area contributed by atoms with E-state index >= 15 is 0 Å². The fourth-order valence-electron chi connectivity index (χ4n) is 4.12. The summed E-state index contributed by atoms with van der Waals surface area (Å²) in [4.78, 5) is 19.9. The predicted octanol–water partition coefficient (Wildman–Crippen LogP) is 5.51. The maximum absolute atomic E-state index is 13.3. The van der Waals surface area contributed by atoms with Gasteiger partial charge in [-0.1, -0.05) is 60.7 Å². The van der Waals surface area contributed by atoms with Crippen LogP contribution in [0, 0.1) is 0 Å². The largest absolute Gasteiger partial charge is 0.482 e. The van der Waals surface area contributed by atoms with E-state index in [1.165, 1.54) is 0 Å². The number of hydrogen-bond donors (Lipinski definition) is 0. The fraction of sp³-hybridized carbons (Fsp3) is 0.185. The number of carbonyl (C=O) groups excluding carboxylic acids is 1. The molecule has 5 nitrogen and oxygen atoms in total. The minimum atomic E-state index is -0.259. The van der Waals surface area contributed by atoms with Crippen molar-refractivity contribution in [1.29, 1.82) is 0 Å². The molecular formula is C27H24N2O3S. The third kappa shape index (κ3) is 4.40. The van der Waals surface area contributed by atoms with Crippen LogP contribution in [0.5, 0.6) is 5.75 Å². The van der Waals surface area contributed by atoms with Crippen LogP contribution in [0.3, 0.4) is 0 Å². The lowest BCUT2D eigenvalue weighted by atomic mass is 9.95. The summed E-state index contributed by atoms with van der Waals surface area (Å²) in [5, 5.41) is 3.08. The van der Waals surface area contributed by atoms with E-state index < -0.39 is 0 Å². The SMILES string of the molecule is COCCc1nc(-c2ccc3c(c2)N(C(c2ccccc2)c2ccccc2)C(=O)CO3)cs1. The summed E-state index contributed by atoms with van der Waals surface area (Å²) in [6.07, 6.45) is 0.782. The molecule has 0 spiro atoms. The maximum atomic E-state index is 13.3. The third-order valence-electron chi connectivity index (χ3n) is 5.69. The first kappa shape index (κ1) is 21.4. The van der Waals surface area contributed by atoms with Crippen molar-refractivity contribution >= 4 is 22.9 Å². The molecule has 1 aliphatic rings. The van der Waals surface area contributed by atoms with E-state index in [1.807, 2.05) is 59.5 Å². The van der Waals surface area contributed by atoms with Crippen LogP contribution in [0.25, 0.3) is 11.3 Å². The Balaban J connectivity index is 1.59. The Morgan fingerprint density at radius 3 is 2.39 bits per heavy atom. The van der Waals surface area contributed by atoms with Crippen molar-refractivity contribution in [3.63, 3.8) is 0 Å². The molecule has 3 aromatic carbocycles. The number of thiazole rings is 1. The second-order valence-electron chi connectivity index (χ2n) is 7.83. The molecule has 5 rings (SSSR count). The smallest absolute Gasteiger partial charge is 0.265 e. The van der Waals surface area contributed by atoms with Gasteiger partial charge in [-0.05, 0) is 29.3 Å². The predicted molar refractivity (Wildman–Crippen MR) is 131 cm³/mol. The average molecular weight is 457 g/mol. The van der Waals surface area contributed by atoms with E-state index in [0.29, 0.717) is 12.4 Å². The molecule has 1 aliphatic heterocycles. The van der Waals surface area contributed by atoms with Crippen LogP contribution in [0.2, 0.25) is 0 Å². The molecule has 6 heteroatoms. The number of methoxy groups -OCH3 is 1. The third-order valence-corrected chi connectivity index (χ3v) is 6.60. The van der Waals surface area contributed by atoms with Crippen LogP contribution in [0.15, 0.2) is 84.2 Å². The molecule has 0 bridgehead atoms. The number of amides is 1. The topological polar surface area (TPSA) is 51.7 Å². The van der Waals surface area contributed by atoms with Gasteiger partial charge in [-0.2, -0.15) is 0 Å². The molecule has 0 radical (unpaired) electrons. The number of benzene rings is 3. The van der Waals surface area contributed by atoms with Crippen LogP contribution in [-0.4, -0.2) is 31.2 Å². The van der Waals surface area contributed by atoms with Crippen molar-refractivity contribution in [3.05, 3.63) is 100 Å². The van der Waals surface area contributed by atoms with Crippen LogP contribution < -0.4 is 9.64 Å². The van der Waals surface area contributed by atoms with Gasteiger partial charge in [0.2, 0.25) is 0 Å². The van der Waals surface area contributed by atoms with Crippen LogP contribution in [0.1, 0.15) is 22.2 Å². The first-order chi connectivity index (χ1) is 16.2.